The van der Waals surface area contributed by atoms with Crippen LogP contribution in [0.3, 0.4) is 0 Å². The molecule has 1 heterocycles. The van der Waals surface area contributed by atoms with E-state index < -0.39 is 0 Å². The molecule has 1 N–H and O–H groups in total. The topological polar surface area (TPSA) is 65.4 Å². The van der Waals surface area contributed by atoms with Gasteiger partial charge in [0.2, 0.25) is 0 Å². The Balaban J connectivity index is 1.53. The molecule has 128 valence electrons. The van der Waals surface area contributed by atoms with Gasteiger partial charge in [-0.3, -0.25) is 9.69 Å². The molecule has 0 bridgehead atoms. The Bertz CT molecular complexity index is 742. The van der Waals surface area contributed by atoms with Crippen LogP contribution in [-0.2, 0) is 4.74 Å². The van der Waals surface area contributed by atoms with E-state index in [1.54, 1.807) is 12.1 Å². The molecule has 2 aromatic carbocycles. The van der Waals surface area contributed by atoms with Crippen LogP contribution in [0.2, 0.25) is 0 Å². The van der Waals surface area contributed by atoms with Crippen LogP contribution >= 0.6 is 0 Å². The minimum Gasteiger partial charge on any atom is -0.379 e. The van der Waals surface area contributed by atoms with Gasteiger partial charge in [0.15, 0.2) is 0 Å². The average Bonchev–Trinajstić information content (AvgIpc) is 2.69. The van der Waals surface area contributed by atoms with Gasteiger partial charge in [0, 0.05) is 31.7 Å². The molecule has 1 fully saturated rings. The van der Waals surface area contributed by atoms with Gasteiger partial charge in [-0.2, -0.15) is 5.26 Å². The van der Waals surface area contributed by atoms with E-state index in [2.05, 4.69) is 16.3 Å². The van der Waals surface area contributed by atoms with E-state index in [1.165, 1.54) is 0 Å². The maximum atomic E-state index is 12.2. The first-order valence-corrected chi connectivity index (χ1v) is 8.45. The Morgan fingerprint density at radius 1 is 1.04 bits per heavy atom. The summed E-state index contributed by atoms with van der Waals surface area (Å²) in [5.74, 6) is -0.0559. The number of morpholine rings is 1. The van der Waals surface area contributed by atoms with Gasteiger partial charge >= 0.3 is 0 Å². The van der Waals surface area contributed by atoms with Crippen molar-refractivity contribution in [2.45, 2.75) is 0 Å². The number of hydrogen-bond acceptors (Lipinski definition) is 4. The maximum Gasteiger partial charge on any atom is 0.251 e. The highest BCUT2D eigenvalue weighted by atomic mass is 16.5. The van der Waals surface area contributed by atoms with Crippen molar-refractivity contribution in [2.75, 3.05) is 39.4 Å². The largest absolute Gasteiger partial charge is 0.379 e. The van der Waals surface area contributed by atoms with Crippen molar-refractivity contribution in [3.05, 3.63) is 59.7 Å². The molecule has 1 saturated heterocycles. The van der Waals surface area contributed by atoms with Gasteiger partial charge in [-0.1, -0.05) is 24.3 Å². The summed E-state index contributed by atoms with van der Waals surface area (Å²) in [5.41, 5.74) is 3.34. The van der Waals surface area contributed by atoms with Gasteiger partial charge in [-0.15, -0.1) is 0 Å². The van der Waals surface area contributed by atoms with Crippen molar-refractivity contribution >= 4 is 5.91 Å². The van der Waals surface area contributed by atoms with E-state index in [9.17, 15) is 4.79 Å². The average molecular weight is 335 g/mol. The molecule has 0 atom stereocenters. The molecule has 0 aromatic heterocycles. The standard InChI is InChI=1S/C20H21N3O2/c21-15-16-1-3-17(4-2-16)18-5-7-19(8-6-18)20(24)22-9-10-23-11-13-25-14-12-23/h1-8H,9-14H2,(H,22,24). The monoisotopic (exact) mass is 335 g/mol. The smallest absolute Gasteiger partial charge is 0.251 e. The summed E-state index contributed by atoms with van der Waals surface area (Å²) in [7, 11) is 0. The second-order valence-corrected chi connectivity index (χ2v) is 5.98. The van der Waals surface area contributed by atoms with E-state index in [-0.39, 0.29) is 5.91 Å². The molecular formula is C20H21N3O2. The number of nitriles is 1. The lowest BCUT2D eigenvalue weighted by Gasteiger charge is -2.26. The van der Waals surface area contributed by atoms with E-state index in [0.717, 1.165) is 44.0 Å². The summed E-state index contributed by atoms with van der Waals surface area (Å²) >= 11 is 0. The summed E-state index contributed by atoms with van der Waals surface area (Å²) in [6.45, 7) is 4.87. The second-order valence-electron chi connectivity index (χ2n) is 5.98. The number of carbonyl (C=O) groups excluding carboxylic acids is 1. The first-order chi connectivity index (χ1) is 12.3. The molecule has 0 unspecified atom stereocenters. The predicted molar refractivity (Wildman–Crippen MR) is 96.2 cm³/mol. The Morgan fingerprint density at radius 3 is 2.24 bits per heavy atom. The van der Waals surface area contributed by atoms with E-state index in [4.69, 9.17) is 10.00 Å². The Morgan fingerprint density at radius 2 is 1.64 bits per heavy atom. The summed E-state index contributed by atoms with van der Waals surface area (Å²) < 4.78 is 5.31. The number of rotatable bonds is 5. The zero-order valence-electron chi connectivity index (χ0n) is 14.1. The SMILES string of the molecule is N#Cc1ccc(-c2ccc(C(=O)NCCN3CCOCC3)cc2)cc1. The minimum absolute atomic E-state index is 0.0559. The number of amides is 1. The molecule has 3 rings (SSSR count). The predicted octanol–water partition coefficient (Wildman–Crippen LogP) is 2.29. The summed E-state index contributed by atoms with van der Waals surface area (Å²) in [6, 6.07) is 17.0. The Hall–Kier alpha value is -2.68. The second kappa shape index (κ2) is 8.43. The molecule has 1 aliphatic rings. The highest BCUT2D eigenvalue weighted by Gasteiger charge is 2.11. The number of carbonyl (C=O) groups is 1. The molecule has 1 amide bonds. The lowest BCUT2D eigenvalue weighted by Crippen LogP contribution is -2.41. The van der Waals surface area contributed by atoms with Crippen LogP contribution < -0.4 is 5.32 Å². The molecular weight excluding hydrogens is 314 g/mol. The number of hydrogen-bond donors (Lipinski definition) is 1. The highest BCUT2D eigenvalue weighted by Crippen LogP contribution is 2.20. The first kappa shape index (κ1) is 17.2. The number of benzene rings is 2. The van der Waals surface area contributed by atoms with Crippen LogP contribution in [0, 0.1) is 11.3 Å². The summed E-state index contributed by atoms with van der Waals surface area (Å²) in [5, 5.41) is 11.8. The fraction of sp³-hybridized carbons (Fsp3) is 0.300. The third-order valence-corrected chi connectivity index (χ3v) is 4.31. The fourth-order valence-electron chi connectivity index (χ4n) is 2.81. The fourth-order valence-corrected chi connectivity index (χ4v) is 2.81. The Labute approximate surface area is 147 Å². The molecule has 0 spiro atoms. The molecule has 0 radical (unpaired) electrons. The highest BCUT2D eigenvalue weighted by molar-refractivity contribution is 5.94. The summed E-state index contributed by atoms with van der Waals surface area (Å²) in [4.78, 5) is 14.5. The van der Waals surface area contributed by atoms with Gasteiger partial charge in [0.25, 0.3) is 5.91 Å². The molecule has 1 aliphatic heterocycles. The Kier molecular flexibility index (Phi) is 5.78. The van der Waals surface area contributed by atoms with Crippen molar-refractivity contribution in [1.82, 2.24) is 10.2 Å². The van der Waals surface area contributed by atoms with Gasteiger partial charge in [-0.05, 0) is 35.4 Å². The molecule has 2 aromatic rings. The van der Waals surface area contributed by atoms with Crippen LogP contribution in [0.4, 0.5) is 0 Å². The quantitative estimate of drug-likeness (QED) is 0.910. The van der Waals surface area contributed by atoms with Gasteiger partial charge in [-0.25, -0.2) is 0 Å². The molecule has 25 heavy (non-hydrogen) atoms. The zero-order valence-corrected chi connectivity index (χ0v) is 14.1. The van der Waals surface area contributed by atoms with Crippen molar-refractivity contribution < 1.29 is 9.53 Å². The number of nitrogens with one attached hydrogen (secondary N) is 1. The van der Waals surface area contributed by atoms with E-state index >= 15 is 0 Å². The molecule has 5 heteroatoms. The maximum absolute atomic E-state index is 12.2. The van der Waals surface area contributed by atoms with Gasteiger partial charge < -0.3 is 10.1 Å². The van der Waals surface area contributed by atoms with Crippen LogP contribution in [0.1, 0.15) is 15.9 Å². The van der Waals surface area contributed by atoms with Crippen molar-refractivity contribution in [3.8, 4) is 17.2 Å². The van der Waals surface area contributed by atoms with E-state index in [0.29, 0.717) is 17.7 Å². The zero-order chi connectivity index (χ0) is 17.5. The van der Waals surface area contributed by atoms with Crippen molar-refractivity contribution in [2.24, 2.45) is 0 Å². The third-order valence-electron chi connectivity index (χ3n) is 4.31. The molecule has 5 nitrogen and oxygen atoms in total. The summed E-state index contributed by atoms with van der Waals surface area (Å²) in [6.07, 6.45) is 0. The van der Waals surface area contributed by atoms with Crippen LogP contribution in [0.15, 0.2) is 48.5 Å². The van der Waals surface area contributed by atoms with Crippen molar-refractivity contribution in [3.63, 3.8) is 0 Å². The third kappa shape index (κ3) is 4.66. The van der Waals surface area contributed by atoms with Crippen molar-refractivity contribution in [1.29, 1.82) is 5.26 Å². The van der Waals surface area contributed by atoms with Gasteiger partial charge in [0.05, 0.1) is 24.8 Å². The van der Waals surface area contributed by atoms with Crippen LogP contribution in [0.5, 0.6) is 0 Å². The lowest BCUT2D eigenvalue weighted by molar-refractivity contribution is 0.0383. The molecule has 0 aliphatic carbocycles. The number of nitrogens with zero attached hydrogens (tertiary/aromatic N) is 2. The van der Waals surface area contributed by atoms with Crippen LogP contribution in [-0.4, -0.2) is 50.2 Å². The normalized spacial score (nSPS) is 14.7. The van der Waals surface area contributed by atoms with Crippen LogP contribution in [0.25, 0.3) is 11.1 Å². The van der Waals surface area contributed by atoms with Gasteiger partial charge in [0.1, 0.15) is 0 Å². The first-order valence-electron chi connectivity index (χ1n) is 8.45. The van der Waals surface area contributed by atoms with E-state index in [1.807, 2.05) is 36.4 Å². The lowest BCUT2D eigenvalue weighted by atomic mass is 10.0. The molecule has 0 saturated carbocycles. The minimum atomic E-state index is -0.0559. The number of ether oxygens (including phenoxy) is 1.